The van der Waals surface area contributed by atoms with E-state index in [1.54, 1.807) is 0 Å². The summed E-state index contributed by atoms with van der Waals surface area (Å²) in [4.78, 5) is 2.36. The van der Waals surface area contributed by atoms with Crippen molar-refractivity contribution >= 4 is 59.6 Å². The standard InChI is InChI=1S/C62H42N2S/c1-5-14-43(15-6-1)47-24-32-53(33-25-47)63(54-34-26-48(27-35-54)44-16-7-2-8-17-44)56-23-13-22-50(40-56)49-28-36-55(37-29-49)64-59-38-30-51(45-18-9-3-10-19-45)41-57(59)62-61(64)58-42-52(31-39-60(58)65-62)46-20-11-4-12-21-46/h1-42H. The number of benzene rings is 10. The molecule has 0 saturated carbocycles. The monoisotopic (exact) mass is 846 g/mol. The maximum atomic E-state index is 2.48. The van der Waals surface area contributed by atoms with E-state index in [0.717, 1.165) is 33.9 Å². The summed E-state index contributed by atoms with van der Waals surface area (Å²) in [6.07, 6.45) is 0. The van der Waals surface area contributed by atoms with Crippen molar-refractivity contribution in [2.75, 3.05) is 4.90 Å². The molecule has 10 aromatic carbocycles. The summed E-state index contributed by atoms with van der Waals surface area (Å²) >= 11 is 1.89. The SMILES string of the molecule is c1ccc(-c2ccc(N(c3ccc(-c4ccccc4)cc3)c3cccc(-c4ccc(-n5c6ccc(-c7ccccc7)cc6c6sc7ccc(-c8ccccc8)cc7c65)cc4)c3)cc2)cc1. The van der Waals surface area contributed by atoms with Gasteiger partial charge in [0.15, 0.2) is 0 Å². The van der Waals surface area contributed by atoms with Crippen molar-refractivity contribution in [3.05, 3.63) is 255 Å². The summed E-state index contributed by atoms with van der Waals surface area (Å²) in [6.45, 7) is 0. The molecule has 0 radical (unpaired) electrons. The molecule has 2 nitrogen and oxygen atoms in total. The zero-order chi connectivity index (χ0) is 43.1. The highest BCUT2D eigenvalue weighted by Crippen LogP contribution is 2.45. The van der Waals surface area contributed by atoms with Crippen LogP contribution in [0.4, 0.5) is 17.1 Å². The first-order valence-electron chi connectivity index (χ1n) is 22.2. The van der Waals surface area contributed by atoms with Crippen LogP contribution in [0, 0.1) is 0 Å². The van der Waals surface area contributed by atoms with E-state index in [0.29, 0.717) is 0 Å². The van der Waals surface area contributed by atoms with Gasteiger partial charge in [-0.25, -0.2) is 0 Å². The van der Waals surface area contributed by atoms with Gasteiger partial charge in [-0.05, 0) is 128 Å². The molecule has 3 heteroatoms. The third kappa shape index (κ3) is 7.19. The Kier molecular flexibility index (Phi) is 9.74. The van der Waals surface area contributed by atoms with Gasteiger partial charge in [0, 0.05) is 38.2 Å². The number of rotatable bonds is 9. The first kappa shape index (κ1) is 38.4. The molecule has 12 rings (SSSR count). The molecule has 306 valence electrons. The van der Waals surface area contributed by atoms with Gasteiger partial charge in [0.05, 0.1) is 15.7 Å². The van der Waals surface area contributed by atoms with E-state index in [-0.39, 0.29) is 0 Å². The fourth-order valence-electron chi connectivity index (χ4n) is 9.35. The zero-order valence-electron chi connectivity index (χ0n) is 35.6. The maximum Gasteiger partial charge on any atom is 0.0727 e. The van der Waals surface area contributed by atoms with Crippen molar-refractivity contribution in [1.29, 1.82) is 0 Å². The van der Waals surface area contributed by atoms with Crippen LogP contribution in [0.3, 0.4) is 0 Å². The normalized spacial score (nSPS) is 11.4. The molecule has 0 atom stereocenters. The van der Waals surface area contributed by atoms with Crippen LogP contribution in [0.1, 0.15) is 0 Å². The molecule has 0 amide bonds. The minimum Gasteiger partial charge on any atom is -0.310 e. The average molecular weight is 847 g/mol. The number of thiophene rings is 1. The van der Waals surface area contributed by atoms with Gasteiger partial charge in [-0.2, -0.15) is 0 Å². The van der Waals surface area contributed by atoms with E-state index in [4.69, 9.17) is 0 Å². The molecule has 2 heterocycles. The van der Waals surface area contributed by atoms with Gasteiger partial charge in [-0.15, -0.1) is 11.3 Å². The highest BCUT2D eigenvalue weighted by molar-refractivity contribution is 7.26. The Balaban J connectivity index is 0.952. The van der Waals surface area contributed by atoms with Gasteiger partial charge in [0.1, 0.15) is 0 Å². The number of anilines is 3. The number of fused-ring (bicyclic) bond motifs is 5. The second kappa shape index (κ2) is 16.5. The van der Waals surface area contributed by atoms with Crippen LogP contribution in [-0.2, 0) is 0 Å². The number of nitrogens with zero attached hydrogens (tertiary/aromatic N) is 2. The molecule has 0 unspecified atom stereocenters. The van der Waals surface area contributed by atoms with E-state index in [2.05, 4.69) is 264 Å². The van der Waals surface area contributed by atoms with E-state index in [1.165, 1.54) is 75.7 Å². The predicted octanol–water partition coefficient (Wildman–Crippen LogP) is 17.8. The molecule has 0 aliphatic rings. The van der Waals surface area contributed by atoms with Gasteiger partial charge in [-0.1, -0.05) is 182 Å². The second-order valence-electron chi connectivity index (χ2n) is 16.5. The molecule has 0 fully saturated rings. The van der Waals surface area contributed by atoms with E-state index < -0.39 is 0 Å². The Hall–Kier alpha value is -8.24. The van der Waals surface area contributed by atoms with Crippen LogP contribution in [-0.4, -0.2) is 4.57 Å². The molecule has 0 N–H and O–H groups in total. The minimum absolute atomic E-state index is 1.10. The molecule has 0 spiro atoms. The minimum atomic E-state index is 1.10. The van der Waals surface area contributed by atoms with E-state index in [1.807, 2.05) is 11.3 Å². The fourth-order valence-corrected chi connectivity index (χ4v) is 10.5. The van der Waals surface area contributed by atoms with Gasteiger partial charge in [0.25, 0.3) is 0 Å². The van der Waals surface area contributed by atoms with E-state index >= 15 is 0 Å². The molecule has 0 saturated heterocycles. The lowest BCUT2D eigenvalue weighted by Crippen LogP contribution is -2.10. The quantitative estimate of drug-likeness (QED) is 0.140. The first-order chi connectivity index (χ1) is 32.2. The van der Waals surface area contributed by atoms with Crippen LogP contribution >= 0.6 is 11.3 Å². The van der Waals surface area contributed by atoms with Crippen molar-refractivity contribution in [3.8, 4) is 61.3 Å². The maximum absolute atomic E-state index is 2.48. The highest BCUT2D eigenvalue weighted by Gasteiger charge is 2.20. The number of aromatic nitrogens is 1. The lowest BCUT2D eigenvalue weighted by atomic mass is 10.0. The summed E-state index contributed by atoms with van der Waals surface area (Å²) in [6, 6.07) is 92.4. The highest BCUT2D eigenvalue weighted by atomic mass is 32.1. The van der Waals surface area contributed by atoms with Crippen molar-refractivity contribution in [1.82, 2.24) is 4.57 Å². The smallest absolute Gasteiger partial charge is 0.0727 e. The molecule has 0 aliphatic heterocycles. The molecular weight excluding hydrogens is 805 g/mol. The summed E-state index contributed by atoms with van der Waals surface area (Å²) in [7, 11) is 0. The molecule has 12 aromatic rings. The summed E-state index contributed by atoms with van der Waals surface area (Å²) in [5.74, 6) is 0. The van der Waals surface area contributed by atoms with Crippen molar-refractivity contribution in [3.63, 3.8) is 0 Å². The molecule has 0 aliphatic carbocycles. The van der Waals surface area contributed by atoms with Crippen molar-refractivity contribution < 1.29 is 0 Å². The topological polar surface area (TPSA) is 8.17 Å². The summed E-state index contributed by atoms with van der Waals surface area (Å²) in [5.41, 5.74) is 18.9. The first-order valence-corrected chi connectivity index (χ1v) is 23.0. The van der Waals surface area contributed by atoms with Gasteiger partial charge in [0.2, 0.25) is 0 Å². The lowest BCUT2D eigenvalue weighted by molar-refractivity contribution is 1.19. The number of hydrogen-bond acceptors (Lipinski definition) is 2. The Labute approximate surface area is 383 Å². The van der Waals surface area contributed by atoms with Crippen molar-refractivity contribution in [2.45, 2.75) is 0 Å². The number of hydrogen-bond donors (Lipinski definition) is 0. The lowest BCUT2D eigenvalue weighted by Gasteiger charge is -2.26. The van der Waals surface area contributed by atoms with Crippen molar-refractivity contribution in [2.24, 2.45) is 0 Å². The van der Waals surface area contributed by atoms with Crippen LogP contribution in [0.2, 0.25) is 0 Å². The third-order valence-corrected chi connectivity index (χ3v) is 13.8. The van der Waals surface area contributed by atoms with Gasteiger partial charge in [-0.3, -0.25) is 0 Å². The second-order valence-corrected chi connectivity index (χ2v) is 17.6. The van der Waals surface area contributed by atoms with Crippen LogP contribution in [0.5, 0.6) is 0 Å². The molecule has 0 bridgehead atoms. The predicted molar refractivity (Wildman–Crippen MR) is 278 cm³/mol. The van der Waals surface area contributed by atoms with E-state index in [9.17, 15) is 0 Å². The van der Waals surface area contributed by atoms with Crippen LogP contribution in [0.15, 0.2) is 255 Å². The Morgan fingerprint density at radius 1 is 0.292 bits per heavy atom. The van der Waals surface area contributed by atoms with Gasteiger partial charge >= 0.3 is 0 Å². The Morgan fingerprint density at radius 3 is 1.23 bits per heavy atom. The largest absolute Gasteiger partial charge is 0.310 e. The Bertz CT molecular complexity index is 3460. The molecule has 65 heavy (non-hydrogen) atoms. The fraction of sp³-hybridized carbons (Fsp3) is 0. The third-order valence-electron chi connectivity index (χ3n) is 12.6. The zero-order valence-corrected chi connectivity index (χ0v) is 36.4. The Morgan fingerprint density at radius 2 is 0.692 bits per heavy atom. The summed E-state index contributed by atoms with van der Waals surface area (Å²) in [5, 5.41) is 2.54. The molecular formula is C62H42N2S. The van der Waals surface area contributed by atoms with Crippen LogP contribution < -0.4 is 4.90 Å². The molecule has 2 aromatic heterocycles. The van der Waals surface area contributed by atoms with Gasteiger partial charge < -0.3 is 9.47 Å². The summed E-state index contributed by atoms with van der Waals surface area (Å²) < 4.78 is 5.08. The average Bonchev–Trinajstić information content (AvgIpc) is 3.92. The van der Waals surface area contributed by atoms with Crippen LogP contribution in [0.25, 0.3) is 92.5 Å².